The van der Waals surface area contributed by atoms with Crippen LogP contribution in [0, 0.1) is 0 Å². The van der Waals surface area contributed by atoms with Gasteiger partial charge in [-0.3, -0.25) is 10.1 Å². The number of hydrogen-bond donors (Lipinski definition) is 1. The molecule has 1 amide bonds. The summed E-state index contributed by atoms with van der Waals surface area (Å²) in [6.45, 7) is 0. The minimum Gasteiger partial charge on any atom is -0.496 e. The van der Waals surface area contributed by atoms with Crippen molar-refractivity contribution in [2.24, 2.45) is 0 Å². The molecule has 0 fully saturated rings. The summed E-state index contributed by atoms with van der Waals surface area (Å²) in [5, 5.41) is 12.0. The number of hydrogen-bond acceptors (Lipinski definition) is 5. The minimum atomic E-state index is -0.236. The zero-order valence-corrected chi connectivity index (χ0v) is 14.5. The van der Waals surface area contributed by atoms with E-state index >= 15 is 0 Å². The van der Waals surface area contributed by atoms with Crippen LogP contribution in [0.5, 0.6) is 5.75 Å². The summed E-state index contributed by atoms with van der Waals surface area (Å²) in [6.07, 6.45) is 0. The number of nitrogens with one attached hydrogen (secondary N) is 1. The topological polar surface area (TPSA) is 64.1 Å². The molecule has 1 heterocycles. The van der Waals surface area contributed by atoms with Gasteiger partial charge in [0.05, 0.1) is 18.2 Å². The van der Waals surface area contributed by atoms with Gasteiger partial charge in [0, 0.05) is 4.47 Å². The Morgan fingerprint density at radius 2 is 1.87 bits per heavy atom. The molecule has 3 aromatic rings. The average Bonchev–Trinajstić information content (AvgIpc) is 3.03. The molecule has 23 heavy (non-hydrogen) atoms. The molecule has 0 unspecified atom stereocenters. The predicted molar refractivity (Wildman–Crippen MR) is 94.0 cm³/mol. The minimum absolute atomic E-state index is 0.236. The molecule has 0 saturated carbocycles. The molecule has 116 valence electrons. The second kappa shape index (κ2) is 6.89. The Morgan fingerprint density at radius 3 is 2.65 bits per heavy atom. The number of carbonyl (C=O) groups excluding carboxylic acids is 1. The first-order chi connectivity index (χ1) is 11.2. The molecule has 3 rings (SSSR count). The van der Waals surface area contributed by atoms with Crippen molar-refractivity contribution in [3.8, 4) is 16.3 Å². The third-order valence-electron chi connectivity index (χ3n) is 3.10. The number of benzene rings is 2. The van der Waals surface area contributed by atoms with Crippen LogP contribution >= 0.6 is 27.3 Å². The third-order valence-corrected chi connectivity index (χ3v) is 4.66. The Bertz CT molecular complexity index is 851. The van der Waals surface area contributed by atoms with Crippen molar-refractivity contribution in [2.75, 3.05) is 12.4 Å². The second-order valence-corrected chi connectivity index (χ2v) is 6.38. The van der Waals surface area contributed by atoms with E-state index in [9.17, 15) is 4.79 Å². The molecule has 0 atom stereocenters. The lowest BCUT2D eigenvalue weighted by atomic mass is 10.2. The van der Waals surface area contributed by atoms with E-state index in [0.717, 1.165) is 10.0 Å². The molecular formula is C16H12BrN3O2S. The second-order valence-electron chi connectivity index (χ2n) is 4.55. The lowest BCUT2D eigenvalue weighted by molar-refractivity contribution is 0.102. The van der Waals surface area contributed by atoms with Crippen LogP contribution in [0.4, 0.5) is 5.13 Å². The highest BCUT2D eigenvalue weighted by Gasteiger charge is 2.15. The lowest BCUT2D eigenvalue weighted by Crippen LogP contribution is -2.12. The first-order valence-corrected chi connectivity index (χ1v) is 8.33. The molecule has 0 saturated heterocycles. The van der Waals surface area contributed by atoms with Gasteiger partial charge in [0.25, 0.3) is 5.91 Å². The van der Waals surface area contributed by atoms with Crippen molar-refractivity contribution < 1.29 is 9.53 Å². The van der Waals surface area contributed by atoms with Crippen molar-refractivity contribution in [1.29, 1.82) is 0 Å². The number of halogens is 1. The fourth-order valence-corrected chi connectivity index (χ4v) is 3.25. The van der Waals surface area contributed by atoms with Gasteiger partial charge in [0.1, 0.15) is 5.75 Å². The van der Waals surface area contributed by atoms with Gasteiger partial charge in [-0.05, 0) is 40.2 Å². The smallest absolute Gasteiger partial charge is 0.258 e. The van der Waals surface area contributed by atoms with Crippen LogP contribution in [0.1, 0.15) is 10.4 Å². The van der Waals surface area contributed by atoms with E-state index < -0.39 is 0 Å². The van der Waals surface area contributed by atoms with E-state index in [0.29, 0.717) is 21.5 Å². The van der Waals surface area contributed by atoms with E-state index in [1.54, 1.807) is 19.2 Å². The number of rotatable bonds is 4. The Kier molecular flexibility index (Phi) is 4.68. The fourth-order valence-electron chi connectivity index (χ4n) is 2.01. The molecule has 0 aliphatic heterocycles. The molecule has 0 bridgehead atoms. The summed E-state index contributed by atoms with van der Waals surface area (Å²) in [5.74, 6) is 0.479. The first kappa shape index (κ1) is 15.6. The van der Waals surface area contributed by atoms with Crippen LogP contribution in [0.2, 0.25) is 0 Å². The van der Waals surface area contributed by atoms with E-state index in [1.807, 2.05) is 36.4 Å². The highest BCUT2D eigenvalue weighted by atomic mass is 79.9. The van der Waals surface area contributed by atoms with Crippen LogP contribution < -0.4 is 10.1 Å². The molecule has 0 radical (unpaired) electrons. The Morgan fingerprint density at radius 1 is 1.13 bits per heavy atom. The standard InChI is InChI=1S/C16H12BrN3O2S/c1-22-13-9-5-3-7-11(13)15-19-20-16(23-15)18-14(21)10-6-2-4-8-12(10)17/h2-9H,1H3,(H,18,20,21). The highest BCUT2D eigenvalue weighted by Crippen LogP contribution is 2.33. The van der Waals surface area contributed by atoms with Crippen LogP contribution in [0.3, 0.4) is 0 Å². The van der Waals surface area contributed by atoms with E-state index in [-0.39, 0.29) is 5.91 Å². The van der Waals surface area contributed by atoms with Crippen molar-refractivity contribution >= 4 is 38.3 Å². The monoisotopic (exact) mass is 389 g/mol. The molecule has 0 aliphatic rings. The third kappa shape index (κ3) is 3.40. The average molecular weight is 390 g/mol. The number of anilines is 1. The summed E-state index contributed by atoms with van der Waals surface area (Å²) >= 11 is 4.66. The number of ether oxygens (including phenoxy) is 1. The van der Waals surface area contributed by atoms with E-state index in [1.165, 1.54) is 11.3 Å². The number of carbonyl (C=O) groups is 1. The Balaban J connectivity index is 1.83. The van der Waals surface area contributed by atoms with Gasteiger partial charge >= 0.3 is 0 Å². The van der Waals surface area contributed by atoms with Crippen LogP contribution in [-0.2, 0) is 0 Å². The van der Waals surface area contributed by atoms with Gasteiger partial charge in [-0.2, -0.15) is 0 Å². The molecule has 0 spiro atoms. The van der Waals surface area contributed by atoms with Crippen LogP contribution in [-0.4, -0.2) is 23.2 Å². The predicted octanol–water partition coefficient (Wildman–Crippen LogP) is 4.23. The molecule has 5 nitrogen and oxygen atoms in total. The first-order valence-electron chi connectivity index (χ1n) is 6.72. The zero-order chi connectivity index (χ0) is 16.2. The van der Waals surface area contributed by atoms with Crippen molar-refractivity contribution in [3.05, 3.63) is 58.6 Å². The maximum Gasteiger partial charge on any atom is 0.258 e. The van der Waals surface area contributed by atoms with Crippen molar-refractivity contribution in [3.63, 3.8) is 0 Å². The van der Waals surface area contributed by atoms with E-state index in [2.05, 4.69) is 31.4 Å². The van der Waals surface area contributed by atoms with Crippen molar-refractivity contribution in [2.45, 2.75) is 0 Å². The van der Waals surface area contributed by atoms with Gasteiger partial charge in [-0.15, -0.1) is 10.2 Å². The van der Waals surface area contributed by atoms with Gasteiger partial charge in [0.15, 0.2) is 5.01 Å². The summed E-state index contributed by atoms with van der Waals surface area (Å²) in [5.41, 5.74) is 1.38. The highest BCUT2D eigenvalue weighted by molar-refractivity contribution is 9.10. The quantitative estimate of drug-likeness (QED) is 0.724. The largest absolute Gasteiger partial charge is 0.496 e. The lowest BCUT2D eigenvalue weighted by Gasteiger charge is -2.04. The molecule has 2 aromatic carbocycles. The number of para-hydroxylation sites is 1. The SMILES string of the molecule is COc1ccccc1-c1nnc(NC(=O)c2ccccc2Br)s1. The zero-order valence-electron chi connectivity index (χ0n) is 12.1. The summed E-state index contributed by atoms with van der Waals surface area (Å²) in [6, 6.07) is 14.8. The molecule has 0 aliphatic carbocycles. The number of amides is 1. The summed E-state index contributed by atoms with van der Waals surface area (Å²) < 4.78 is 6.05. The van der Waals surface area contributed by atoms with Crippen LogP contribution in [0.25, 0.3) is 10.6 Å². The van der Waals surface area contributed by atoms with Gasteiger partial charge in [-0.25, -0.2) is 0 Å². The maximum atomic E-state index is 12.3. The number of aromatic nitrogens is 2. The van der Waals surface area contributed by atoms with Crippen molar-refractivity contribution in [1.82, 2.24) is 10.2 Å². The molecule has 7 heteroatoms. The fraction of sp³-hybridized carbons (Fsp3) is 0.0625. The Labute approximate surface area is 145 Å². The molecular weight excluding hydrogens is 378 g/mol. The number of nitrogens with zero attached hydrogens (tertiary/aromatic N) is 2. The van der Waals surface area contributed by atoms with Gasteiger partial charge in [-0.1, -0.05) is 35.6 Å². The maximum absolute atomic E-state index is 12.3. The number of methoxy groups -OCH3 is 1. The summed E-state index contributed by atoms with van der Waals surface area (Å²) in [4.78, 5) is 12.3. The van der Waals surface area contributed by atoms with E-state index in [4.69, 9.17) is 4.74 Å². The molecule has 1 N–H and O–H groups in total. The Hall–Kier alpha value is -2.25. The van der Waals surface area contributed by atoms with Crippen LogP contribution in [0.15, 0.2) is 53.0 Å². The summed E-state index contributed by atoms with van der Waals surface area (Å²) in [7, 11) is 1.61. The molecule has 1 aromatic heterocycles. The van der Waals surface area contributed by atoms with Gasteiger partial charge < -0.3 is 4.74 Å². The van der Waals surface area contributed by atoms with Gasteiger partial charge in [0.2, 0.25) is 5.13 Å². The normalized spacial score (nSPS) is 10.3.